The quantitative estimate of drug-likeness (QED) is 0.674. The van der Waals surface area contributed by atoms with Crippen molar-refractivity contribution in [2.75, 3.05) is 25.1 Å². The number of aromatic nitrogens is 1. The molecule has 0 unspecified atom stereocenters. The van der Waals surface area contributed by atoms with Crippen LogP contribution in [0.25, 0.3) is 0 Å². The zero-order valence-corrected chi connectivity index (χ0v) is 15.4. The monoisotopic (exact) mass is 383 g/mol. The number of nitrogens with zero attached hydrogens (tertiary/aromatic N) is 1. The first-order valence-corrected chi connectivity index (χ1v) is 9.87. The molecule has 0 aromatic carbocycles. The van der Waals surface area contributed by atoms with E-state index in [0.29, 0.717) is 31.2 Å². The standard InChI is InChI=1S/C17H25N3O5S/c21-10-14-13(19-16(23)11-3-6-24-7-4-11)2-1-12(25-14)9-15(22)20-17-18-5-8-26-17/h5,8,11-14,21H,1-4,6-7,9-10H2,(H,19,23)(H,18,20,22)/t12-,13+,14+/m1/s1. The lowest BCUT2D eigenvalue weighted by Crippen LogP contribution is -2.52. The molecule has 2 aliphatic heterocycles. The molecule has 3 rings (SSSR count). The van der Waals surface area contributed by atoms with E-state index in [1.165, 1.54) is 11.3 Å². The number of anilines is 1. The Morgan fingerprint density at radius 1 is 1.27 bits per heavy atom. The van der Waals surface area contributed by atoms with Crippen LogP contribution in [0, 0.1) is 5.92 Å². The molecular formula is C17H25N3O5S. The number of amides is 2. The van der Waals surface area contributed by atoms with Gasteiger partial charge in [0.15, 0.2) is 5.13 Å². The van der Waals surface area contributed by atoms with Crippen LogP contribution in [0.3, 0.4) is 0 Å². The van der Waals surface area contributed by atoms with Crippen LogP contribution in [0.4, 0.5) is 5.13 Å². The summed E-state index contributed by atoms with van der Waals surface area (Å²) in [4.78, 5) is 28.5. The Labute approximate surface area is 156 Å². The fraction of sp³-hybridized carbons (Fsp3) is 0.706. The third kappa shape index (κ3) is 5.23. The molecule has 3 heterocycles. The number of carbonyl (C=O) groups excluding carboxylic acids is 2. The first-order chi connectivity index (χ1) is 12.7. The van der Waals surface area contributed by atoms with Crippen LogP contribution in [0.1, 0.15) is 32.1 Å². The average molecular weight is 383 g/mol. The van der Waals surface area contributed by atoms with Crippen LogP contribution in [0.5, 0.6) is 0 Å². The highest BCUT2D eigenvalue weighted by atomic mass is 32.1. The van der Waals surface area contributed by atoms with Crippen molar-refractivity contribution in [3.05, 3.63) is 11.6 Å². The Balaban J connectivity index is 1.46. The van der Waals surface area contributed by atoms with E-state index in [9.17, 15) is 14.7 Å². The van der Waals surface area contributed by atoms with Gasteiger partial charge in [0.2, 0.25) is 11.8 Å². The van der Waals surface area contributed by atoms with E-state index in [2.05, 4.69) is 15.6 Å². The van der Waals surface area contributed by atoms with Gasteiger partial charge in [0, 0.05) is 30.7 Å². The van der Waals surface area contributed by atoms with E-state index < -0.39 is 6.10 Å². The van der Waals surface area contributed by atoms with E-state index in [1.54, 1.807) is 11.6 Å². The summed E-state index contributed by atoms with van der Waals surface area (Å²) >= 11 is 1.36. The van der Waals surface area contributed by atoms with Crippen molar-refractivity contribution in [2.24, 2.45) is 5.92 Å². The van der Waals surface area contributed by atoms with Crippen molar-refractivity contribution < 1.29 is 24.2 Å². The summed E-state index contributed by atoms with van der Waals surface area (Å²) in [5, 5.41) is 17.7. The molecule has 9 heteroatoms. The lowest BCUT2D eigenvalue weighted by Gasteiger charge is -2.36. The zero-order valence-electron chi connectivity index (χ0n) is 14.6. The molecule has 0 radical (unpaired) electrons. The Hall–Kier alpha value is -1.55. The van der Waals surface area contributed by atoms with E-state index in [0.717, 1.165) is 12.8 Å². The molecule has 3 N–H and O–H groups in total. The van der Waals surface area contributed by atoms with Gasteiger partial charge in [0.1, 0.15) is 6.10 Å². The second-order valence-corrected chi connectivity index (χ2v) is 7.54. The highest BCUT2D eigenvalue weighted by Gasteiger charge is 2.34. The highest BCUT2D eigenvalue weighted by Crippen LogP contribution is 2.24. The third-order valence-electron chi connectivity index (χ3n) is 4.81. The summed E-state index contributed by atoms with van der Waals surface area (Å²) in [7, 11) is 0. The maximum absolute atomic E-state index is 12.4. The first-order valence-electron chi connectivity index (χ1n) is 8.99. The van der Waals surface area contributed by atoms with Gasteiger partial charge in [0.05, 0.1) is 25.2 Å². The molecule has 2 fully saturated rings. The van der Waals surface area contributed by atoms with Crippen LogP contribution in [0.15, 0.2) is 11.6 Å². The molecule has 8 nitrogen and oxygen atoms in total. The molecular weight excluding hydrogens is 358 g/mol. The molecule has 2 saturated heterocycles. The van der Waals surface area contributed by atoms with Gasteiger partial charge in [-0.1, -0.05) is 0 Å². The van der Waals surface area contributed by atoms with Gasteiger partial charge in [-0.25, -0.2) is 4.98 Å². The minimum absolute atomic E-state index is 0.000290. The molecule has 2 aliphatic rings. The minimum atomic E-state index is -0.495. The van der Waals surface area contributed by atoms with E-state index in [1.807, 2.05) is 0 Å². The summed E-state index contributed by atoms with van der Waals surface area (Å²) in [6, 6.07) is -0.228. The fourth-order valence-electron chi connectivity index (χ4n) is 3.37. The van der Waals surface area contributed by atoms with Gasteiger partial charge in [-0.05, 0) is 25.7 Å². The molecule has 0 aliphatic carbocycles. The van der Waals surface area contributed by atoms with Crippen LogP contribution in [0.2, 0.25) is 0 Å². The van der Waals surface area contributed by atoms with Crippen molar-refractivity contribution in [3.63, 3.8) is 0 Å². The normalized spacial score (nSPS) is 27.0. The largest absolute Gasteiger partial charge is 0.394 e. The number of thiazole rings is 1. The first kappa shape index (κ1) is 19.2. The summed E-state index contributed by atoms with van der Waals surface area (Å²) < 4.78 is 11.1. The van der Waals surface area contributed by atoms with E-state index >= 15 is 0 Å². The van der Waals surface area contributed by atoms with Gasteiger partial charge in [-0.2, -0.15) is 0 Å². The van der Waals surface area contributed by atoms with Crippen molar-refractivity contribution in [3.8, 4) is 0 Å². The number of hydrogen-bond donors (Lipinski definition) is 3. The smallest absolute Gasteiger partial charge is 0.228 e. The Morgan fingerprint density at radius 2 is 2.08 bits per heavy atom. The number of aliphatic hydroxyl groups excluding tert-OH is 1. The molecule has 0 spiro atoms. The third-order valence-corrected chi connectivity index (χ3v) is 5.50. The van der Waals surface area contributed by atoms with Crippen molar-refractivity contribution in [1.82, 2.24) is 10.3 Å². The van der Waals surface area contributed by atoms with Crippen molar-refractivity contribution in [1.29, 1.82) is 0 Å². The van der Waals surface area contributed by atoms with Gasteiger partial charge in [0.25, 0.3) is 0 Å². The molecule has 0 bridgehead atoms. The Kier molecular flexibility index (Phi) is 6.95. The van der Waals surface area contributed by atoms with Crippen molar-refractivity contribution >= 4 is 28.3 Å². The lowest BCUT2D eigenvalue weighted by molar-refractivity contribution is -0.137. The average Bonchev–Trinajstić information content (AvgIpc) is 3.16. The number of nitrogens with one attached hydrogen (secondary N) is 2. The molecule has 26 heavy (non-hydrogen) atoms. The highest BCUT2D eigenvalue weighted by molar-refractivity contribution is 7.13. The number of ether oxygens (including phenoxy) is 2. The van der Waals surface area contributed by atoms with Crippen molar-refractivity contribution in [2.45, 2.75) is 50.4 Å². The van der Waals surface area contributed by atoms with Gasteiger partial charge in [-0.15, -0.1) is 11.3 Å². The summed E-state index contributed by atoms with van der Waals surface area (Å²) in [5.74, 6) is -0.198. The zero-order chi connectivity index (χ0) is 18.4. The predicted octanol–water partition coefficient (Wildman–Crippen LogP) is 0.923. The maximum Gasteiger partial charge on any atom is 0.228 e. The Morgan fingerprint density at radius 3 is 2.77 bits per heavy atom. The number of carbonyl (C=O) groups is 2. The van der Waals surface area contributed by atoms with Crippen LogP contribution >= 0.6 is 11.3 Å². The molecule has 2 amide bonds. The number of aliphatic hydroxyl groups is 1. The minimum Gasteiger partial charge on any atom is -0.394 e. The Bertz CT molecular complexity index is 591. The van der Waals surface area contributed by atoms with E-state index in [-0.39, 0.29) is 42.9 Å². The van der Waals surface area contributed by atoms with Crippen LogP contribution < -0.4 is 10.6 Å². The summed E-state index contributed by atoms with van der Waals surface area (Å²) in [6.45, 7) is 1.03. The molecule has 1 aromatic heterocycles. The van der Waals surface area contributed by atoms with Crippen LogP contribution in [-0.4, -0.2) is 60.0 Å². The van der Waals surface area contributed by atoms with Gasteiger partial charge < -0.3 is 25.2 Å². The van der Waals surface area contributed by atoms with Crippen LogP contribution in [-0.2, 0) is 19.1 Å². The molecule has 3 atom stereocenters. The summed E-state index contributed by atoms with van der Waals surface area (Å²) in [6.07, 6.45) is 3.84. The second-order valence-electron chi connectivity index (χ2n) is 6.65. The second kappa shape index (κ2) is 9.40. The lowest BCUT2D eigenvalue weighted by atomic mass is 9.94. The molecule has 0 saturated carbocycles. The predicted molar refractivity (Wildman–Crippen MR) is 95.8 cm³/mol. The van der Waals surface area contributed by atoms with Gasteiger partial charge in [-0.3, -0.25) is 9.59 Å². The van der Waals surface area contributed by atoms with Gasteiger partial charge >= 0.3 is 0 Å². The topological polar surface area (TPSA) is 110 Å². The molecule has 1 aromatic rings. The fourth-order valence-corrected chi connectivity index (χ4v) is 3.91. The maximum atomic E-state index is 12.4. The number of hydrogen-bond acceptors (Lipinski definition) is 7. The van der Waals surface area contributed by atoms with E-state index in [4.69, 9.17) is 9.47 Å². The summed E-state index contributed by atoms with van der Waals surface area (Å²) in [5.41, 5.74) is 0. The SMILES string of the molecule is O=C(C[C@H]1CC[C@H](NC(=O)C2CCOCC2)[C@H](CO)O1)Nc1nccs1. The number of rotatable bonds is 6. The molecule has 144 valence electrons.